The third kappa shape index (κ3) is 5.23. The zero-order valence-electron chi connectivity index (χ0n) is 9.25. The lowest BCUT2D eigenvalue weighted by molar-refractivity contribution is 0.0576. The second kappa shape index (κ2) is 9.01. The van der Waals surface area contributed by atoms with E-state index in [1.807, 2.05) is 0 Å². The molecule has 0 aromatic carbocycles. The van der Waals surface area contributed by atoms with Gasteiger partial charge in [0, 0.05) is 19.6 Å². The van der Waals surface area contributed by atoms with Crippen molar-refractivity contribution in [2.45, 2.75) is 51.2 Å². The summed E-state index contributed by atoms with van der Waals surface area (Å²) in [5.74, 6) is 8.11. The number of terminal acetylenes is 1. The Morgan fingerprint density at radius 3 is 2.64 bits per heavy atom. The van der Waals surface area contributed by atoms with Crippen molar-refractivity contribution >= 4 is 0 Å². The van der Waals surface area contributed by atoms with Crippen LogP contribution in [-0.2, 0) is 4.74 Å². The summed E-state index contributed by atoms with van der Waals surface area (Å²) in [6.07, 6.45) is 10.3. The van der Waals surface area contributed by atoms with Gasteiger partial charge in [-0.25, -0.2) is 0 Å². The molecule has 0 aliphatic rings. The molecule has 0 heterocycles. The summed E-state index contributed by atoms with van der Waals surface area (Å²) in [6, 6.07) is 0.216. The van der Waals surface area contributed by atoms with Crippen LogP contribution in [0.25, 0.3) is 0 Å². The van der Waals surface area contributed by atoms with Gasteiger partial charge in [-0.15, -0.1) is 12.3 Å². The van der Waals surface area contributed by atoms with Crippen LogP contribution in [0.2, 0.25) is 0 Å². The molecule has 0 radical (unpaired) electrons. The Morgan fingerprint density at radius 1 is 1.50 bits per heavy atom. The number of nitrogens with one attached hydrogen (secondary N) is 1. The molecule has 0 aromatic rings. The van der Waals surface area contributed by atoms with Crippen molar-refractivity contribution in [3.63, 3.8) is 0 Å². The predicted molar refractivity (Wildman–Crippen MR) is 59.5 cm³/mol. The highest BCUT2D eigenvalue weighted by atomic mass is 16.5. The van der Waals surface area contributed by atoms with E-state index in [2.05, 4.69) is 18.3 Å². The normalized spacial score (nSPS) is 14.7. The lowest BCUT2D eigenvalue weighted by Crippen LogP contribution is -2.44. The molecule has 3 nitrogen and oxygen atoms in total. The second-order valence-corrected chi connectivity index (χ2v) is 3.43. The first-order valence-electron chi connectivity index (χ1n) is 5.22. The van der Waals surface area contributed by atoms with Crippen molar-refractivity contribution in [3.8, 4) is 12.3 Å². The Labute approximate surface area is 87.4 Å². The first-order chi connectivity index (χ1) is 6.79. The number of unbranched alkanes of at least 4 members (excludes halogenated alkanes) is 1. The van der Waals surface area contributed by atoms with Crippen LogP contribution in [0.1, 0.15) is 39.0 Å². The van der Waals surface area contributed by atoms with Crippen LogP contribution in [0.5, 0.6) is 0 Å². The van der Waals surface area contributed by atoms with Crippen LogP contribution in [0.3, 0.4) is 0 Å². The molecule has 3 heteroatoms. The second-order valence-electron chi connectivity index (χ2n) is 3.43. The van der Waals surface area contributed by atoms with Crippen LogP contribution in [-0.4, -0.2) is 19.3 Å². The maximum Gasteiger partial charge on any atom is 0.0737 e. The Bertz CT molecular complexity index is 165. The molecule has 0 aliphatic heterocycles. The molecular formula is C11H22N2O. The Balaban J connectivity index is 3.88. The Kier molecular flexibility index (Phi) is 8.65. The van der Waals surface area contributed by atoms with E-state index in [-0.39, 0.29) is 12.1 Å². The first-order valence-corrected chi connectivity index (χ1v) is 5.22. The minimum atomic E-state index is 0.197. The molecule has 0 saturated heterocycles. The van der Waals surface area contributed by atoms with Gasteiger partial charge in [-0.3, -0.25) is 11.3 Å². The van der Waals surface area contributed by atoms with E-state index >= 15 is 0 Å². The lowest BCUT2D eigenvalue weighted by atomic mass is 10.0. The van der Waals surface area contributed by atoms with Gasteiger partial charge in [0.2, 0.25) is 0 Å². The van der Waals surface area contributed by atoms with Gasteiger partial charge in [0.05, 0.1) is 6.10 Å². The Morgan fingerprint density at radius 2 is 2.21 bits per heavy atom. The summed E-state index contributed by atoms with van der Waals surface area (Å²) < 4.78 is 5.38. The van der Waals surface area contributed by atoms with Gasteiger partial charge in [0.25, 0.3) is 0 Å². The maximum atomic E-state index is 5.48. The van der Waals surface area contributed by atoms with E-state index in [9.17, 15) is 0 Å². The molecule has 14 heavy (non-hydrogen) atoms. The van der Waals surface area contributed by atoms with Crippen molar-refractivity contribution in [2.75, 3.05) is 7.11 Å². The first kappa shape index (κ1) is 13.4. The number of ether oxygens (including phenoxy) is 1. The van der Waals surface area contributed by atoms with Crippen LogP contribution >= 0.6 is 0 Å². The van der Waals surface area contributed by atoms with Crippen LogP contribution < -0.4 is 11.3 Å². The summed E-state index contributed by atoms with van der Waals surface area (Å²) >= 11 is 0. The number of nitrogens with two attached hydrogens (primary N) is 1. The molecule has 3 N–H and O–H groups in total. The maximum absolute atomic E-state index is 5.48. The average molecular weight is 198 g/mol. The zero-order chi connectivity index (χ0) is 10.8. The van der Waals surface area contributed by atoms with E-state index in [4.69, 9.17) is 17.0 Å². The molecule has 0 saturated carbocycles. The highest BCUT2D eigenvalue weighted by molar-refractivity contribution is 4.84. The van der Waals surface area contributed by atoms with Gasteiger partial charge in [-0.1, -0.05) is 13.3 Å². The fourth-order valence-electron chi connectivity index (χ4n) is 1.57. The van der Waals surface area contributed by atoms with E-state index < -0.39 is 0 Å². The highest BCUT2D eigenvalue weighted by Gasteiger charge is 2.18. The lowest BCUT2D eigenvalue weighted by Gasteiger charge is -2.24. The summed E-state index contributed by atoms with van der Waals surface area (Å²) in [5.41, 5.74) is 2.80. The van der Waals surface area contributed by atoms with Crippen LogP contribution in [0.4, 0.5) is 0 Å². The van der Waals surface area contributed by atoms with Crippen molar-refractivity contribution in [2.24, 2.45) is 5.84 Å². The topological polar surface area (TPSA) is 47.3 Å². The fourth-order valence-corrected chi connectivity index (χ4v) is 1.57. The molecule has 82 valence electrons. The number of rotatable bonds is 8. The van der Waals surface area contributed by atoms with Crippen LogP contribution in [0.15, 0.2) is 0 Å². The van der Waals surface area contributed by atoms with E-state index in [0.717, 1.165) is 32.1 Å². The average Bonchev–Trinajstić information content (AvgIpc) is 2.22. The molecular weight excluding hydrogens is 176 g/mol. The third-order valence-corrected chi connectivity index (χ3v) is 2.38. The summed E-state index contributed by atoms with van der Waals surface area (Å²) in [6.45, 7) is 2.14. The third-order valence-electron chi connectivity index (χ3n) is 2.38. The Hall–Kier alpha value is -0.560. The molecule has 2 atom stereocenters. The number of hydrogen-bond acceptors (Lipinski definition) is 3. The number of methoxy groups -OCH3 is 1. The molecule has 0 fully saturated rings. The fraction of sp³-hybridized carbons (Fsp3) is 0.818. The monoisotopic (exact) mass is 198 g/mol. The van der Waals surface area contributed by atoms with Crippen molar-refractivity contribution in [1.29, 1.82) is 0 Å². The standard InChI is InChI=1S/C11H22N2O/c1-4-6-7-9-10(13-12)11(14-3)8-5-2/h1,10-11,13H,5-9,12H2,2-3H3. The van der Waals surface area contributed by atoms with Gasteiger partial charge >= 0.3 is 0 Å². The molecule has 0 rings (SSSR count). The predicted octanol–water partition coefficient (Wildman–Crippen LogP) is 1.44. The van der Waals surface area contributed by atoms with E-state index in [1.54, 1.807) is 7.11 Å². The van der Waals surface area contributed by atoms with Gasteiger partial charge in [-0.05, 0) is 19.3 Å². The largest absolute Gasteiger partial charge is 0.380 e. The highest BCUT2D eigenvalue weighted by Crippen LogP contribution is 2.11. The number of hydrogen-bond donors (Lipinski definition) is 2. The summed E-state index contributed by atoms with van der Waals surface area (Å²) in [4.78, 5) is 0. The van der Waals surface area contributed by atoms with Gasteiger partial charge in [0.15, 0.2) is 0 Å². The van der Waals surface area contributed by atoms with E-state index in [0.29, 0.717) is 0 Å². The smallest absolute Gasteiger partial charge is 0.0737 e. The molecule has 2 unspecified atom stereocenters. The summed E-state index contributed by atoms with van der Waals surface area (Å²) in [7, 11) is 1.73. The molecule has 0 bridgehead atoms. The van der Waals surface area contributed by atoms with Gasteiger partial charge < -0.3 is 4.74 Å². The molecule has 0 amide bonds. The zero-order valence-corrected chi connectivity index (χ0v) is 9.25. The van der Waals surface area contributed by atoms with Crippen LogP contribution in [0, 0.1) is 12.3 Å². The molecule has 0 aliphatic carbocycles. The van der Waals surface area contributed by atoms with Crippen molar-refractivity contribution in [1.82, 2.24) is 5.43 Å². The van der Waals surface area contributed by atoms with E-state index in [1.165, 1.54) is 0 Å². The van der Waals surface area contributed by atoms with Gasteiger partial charge in [0.1, 0.15) is 0 Å². The minimum Gasteiger partial charge on any atom is -0.380 e. The summed E-state index contributed by atoms with van der Waals surface area (Å²) in [5, 5.41) is 0. The molecule has 0 aromatic heterocycles. The minimum absolute atomic E-state index is 0.197. The number of hydrazine groups is 1. The quantitative estimate of drug-likeness (QED) is 0.268. The van der Waals surface area contributed by atoms with Crippen molar-refractivity contribution < 1.29 is 4.74 Å². The molecule has 0 spiro atoms. The van der Waals surface area contributed by atoms with Gasteiger partial charge in [-0.2, -0.15) is 0 Å². The SMILES string of the molecule is C#CCCCC(NN)C(CCC)OC. The van der Waals surface area contributed by atoms with Crippen molar-refractivity contribution in [3.05, 3.63) is 0 Å².